The molecule has 0 radical (unpaired) electrons. The summed E-state index contributed by atoms with van der Waals surface area (Å²) in [6.45, 7) is 2.00. The van der Waals surface area contributed by atoms with Gasteiger partial charge in [0.25, 0.3) is 0 Å². The molecule has 1 saturated carbocycles. The van der Waals surface area contributed by atoms with Crippen molar-refractivity contribution in [2.24, 2.45) is 5.92 Å². The number of hydrogen-bond donors (Lipinski definition) is 1. The Bertz CT molecular complexity index is 236. The minimum Gasteiger partial charge on any atom is -0.380 e. The van der Waals surface area contributed by atoms with Crippen LogP contribution in [-0.4, -0.2) is 37.0 Å². The van der Waals surface area contributed by atoms with Crippen molar-refractivity contribution in [3.8, 4) is 0 Å². The fourth-order valence-electron chi connectivity index (χ4n) is 2.98. The molecule has 1 aliphatic carbocycles. The molecule has 2 rings (SSSR count). The summed E-state index contributed by atoms with van der Waals surface area (Å²) in [6, 6.07) is 0. The highest BCUT2D eigenvalue weighted by Crippen LogP contribution is 2.27. The first-order valence-corrected chi connectivity index (χ1v) is 6.67. The molecule has 0 aromatic carbocycles. The lowest BCUT2D eigenvalue weighted by atomic mass is 9.87. The third-order valence-electron chi connectivity index (χ3n) is 4.04. The standard InChI is InChI=1S/C13H24N2O/c1-16-12-8-5-9-15(10-12)13(14)11-6-3-2-4-7-11/h11-12,14H,2-10H2,1H3. The second-order valence-corrected chi connectivity index (χ2v) is 5.17. The summed E-state index contributed by atoms with van der Waals surface area (Å²) in [5.41, 5.74) is 0. The highest BCUT2D eigenvalue weighted by molar-refractivity contribution is 5.81. The van der Waals surface area contributed by atoms with E-state index in [9.17, 15) is 0 Å². The molecule has 0 amide bonds. The molecular weight excluding hydrogens is 200 g/mol. The van der Waals surface area contributed by atoms with E-state index >= 15 is 0 Å². The Hall–Kier alpha value is -0.570. The summed E-state index contributed by atoms with van der Waals surface area (Å²) < 4.78 is 5.42. The van der Waals surface area contributed by atoms with Crippen molar-refractivity contribution in [3.63, 3.8) is 0 Å². The number of nitrogens with zero attached hydrogens (tertiary/aromatic N) is 1. The van der Waals surface area contributed by atoms with Crippen LogP contribution in [0, 0.1) is 11.3 Å². The number of piperidine rings is 1. The van der Waals surface area contributed by atoms with Crippen LogP contribution in [0.4, 0.5) is 0 Å². The number of methoxy groups -OCH3 is 1. The topological polar surface area (TPSA) is 36.3 Å². The predicted octanol–water partition coefficient (Wildman–Crippen LogP) is 2.65. The monoisotopic (exact) mass is 224 g/mol. The first-order valence-electron chi connectivity index (χ1n) is 6.67. The van der Waals surface area contributed by atoms with E-state index in [1.165, 1.54) is 38.5 Å². The minimum atomic E-state index is 0.345. The Morgan fingerprint density at radius 3 is 2.56 bits per heavy atom. The third kappa shape index (κ3) is 2.76. The molecule has 1 atom stereocenters. The smallest absolute Gasteiger partial charge is 0.0990 e. The van der Waals surface area contributed by atoms with Gasteiger partial charge in [0.2, 0.25) is 0 Å². The Labute approximate surface area is 98.7 Å². The number of rotatable bonds is 2. The fraction of sp³-hybridized carbons (Fsp3) is 0.923. The van der Waals surface area contributed by atoms with Gasteiger partial charge in [-0.3, -0.25) is 5.41 Å². The SMILES string of the molecule is COC1CCCN(C(=N)C2CCCCC2)C1. The Balaban J connectivity index is 1.87. The van der Waals surface area contributed by atoms with Crippen molar-refractivity contribution in [2.45, 2.75) is 51.0 Å². The largest absolute Gasteiger partial charge is 0.380 e. The van der Waals surface area contributed by atoms with Crippen molar-refractivity contribution in [1.29, 1.82) is 5.41 Å². The molecule has 16 heavy (non-hydrogen) atoms. The summed E-state index contributed by atoms with van der Waals surface area (Å²) in [6.07, 6.45) is 9.13. The summed E-state index contributed by atoms with van der Waals surface area (Å²) in [7, 11) is 1.79. The van der Waals surface area contributed by atoms with Crippen molar-refractivity contribution >= 4 is 5.84 Å². The van der Waals surface area contributed by atoms with Gasteiger partial charge in [0.1, 0.15) is 0 Å². The molecule has 2 fully saturated rings. The molecular formula is C13H24N2O. The first kappa shape index (κ1) is 11.9. The van der Waals surface area contributed by atoms with Crippen LogP contribution in [0.5, 0.6) is 0 Å². The fourth-order valence-corrected chi connectivity index (χ4v) is 2.98. The van der Waals surface area contributed by atoms with Crippen molar-refractivity contribution in [1.82, 2.24) is 4.90 Å². The lowest BCUT2D eigenvalue weighted by molar-refractivity contribution is 0.0515. The zero-order valence-electron chi connectivity index (χ0n) is 10.4. The maximum absolute atomic E-state index is 8.31. The maximum Gasteiger partial charge on any atom is 0.0990 e. The van der Waals surface area contributed by atoms with Crippen LogP contribution < -0.4 is 0 Å². The molecule has 1 saturated heterocycles. The molecule has 2 aliphatic rings. The van der Waals surface area contributed by atoms with Crippen LogP contribution in [0.3, 0.4) is 0 Å². The molecule has 0 aromatic rings. The second kappa shape index (κ2) is 5.67. The van der Waals surface area contributed by atoms with Gasteiger partial charge in [-0.25, -0.2) is 0 Å². The van der Waals surface area contributed by atoms with E-state index in [4.69, 9.17) is 10.1 Å². The van der Waals surface area contributed by atoms with E-state index in [0.29, 0.717) is 12.0 Å². The third-order valence-corrected chi connectivity index (χ3v) is 4.04. The van der Waals surface area contributed by atoms with E-state index in [2.05, 4.69) is 4.90 Å². The van der Waals surface area contributed by atoms with E-state index in [1.807, 2.05) is 0 Å². The molecule has 3 nitrogen and oxygen atoms in total. The van der Waals surface area contributed by atoms with Crippen LogP contribution in [0.15, 0.2) is 0 Å². The average molecular weight is 224 g/mol. The molecule has 0 spiro atoms. The highest BCUT2D eigenvalue weighted by Gasteiger charge is 2.26. The van der Waals surface area contributed by atoms with Gasteiger partial charge >= 0.3 is 0 Å². The maximum atomic E-state index is 8.31. The zero-order chi connectivity index (χ0) is 11.4. The van der Waals surface area contributed by atoms with Crippen molar-refractivity contribution < 1.29 is 4.74 Å². The van der Waals surface area contributed by atoms with E-state index < -0.39 is 0 Å². The van der Waals surface area contributed by atoms with Crippen molar-refractivity contribution in [2.75, 3.05) is 20.2 Å². The van der Waals surface area contributed by atoms with Gasteiger partial charge in [0.15, 0.2) is 0 Å². The summed E-state index contributed by atoms with van der Waals surface area (Å²) in [5, 5.41) is 8.31. The number of ether oxygens (including phenoxy) is 1. The average Bonchev–Trinajstić information content (AvgIpc) is 2.39. The van der Waals surface area contributed by atoms with Gasteiger partial charge in [0, 0.05) is 26.1 Å². The molecule has 92 valence electrons. The second-order valence-electron chi connectivity index (χ2n) is 5.17. The normalized spacial score (nSPS) is 28.1. The lowest BCUT2D eigenvalue weighted by Crippen LogP contribution is -2.45. The van der Waals surface area contributed by atoms with E-state index in [-0.39, 0.29) is 0 Å². The molecule has 0 aromatic heterocycles. The first-order chi connectivity index (χ1) is 7.81. The quantitative estimate of drug-likeness (QED) is 0.578. The highest BCUT2D eigenvalue weighted by atomic mass is 16.5. The number of hydrogen-bond acceptors (Lipinski definition) is 2. The zero-order valence-corrected chi connectivity index (χ0v) is 10.4. The van der Waals surface area contributed by atoms with Crippen LogP contribution in [0.2, 0.25) is 0 Å². The molecule has 1 unspecified atom stereocenters. The number of amidine groups is 1. The van der Waals surface area contributed by atoms with Crippen molar-refractivity contribution in [3.05, 3.63) is 0 Å². The summed E-state index contributed by atoms with van der Waals surface area (Å²) in [5.74, 6) is 1.42. The predicted molar refractivity (Wildman–Crippen MR) is 65.9 cm³/mol. The van der Waals surface area contributed by atoms with Gasteiger partial charge in [-0.05, 0) is 25.7 Å². The minimum absolute atomic E-state index is 0.345. The summed E-state index contributed by atoms with van der Waals surface area (Å²) >= 11 is 0. The summed E-state index contributed by atoms with van der Waals surface area (Å²) in [4.78, 5) is 2.26. The van der Waals surface area contributed by atoms with Crippen LogP contribution >= 0.6 is 0 Å². The number of likely N-dealkylation sites (tertiary alicyclic amines) is 1. The van der Waals surface area contributed by atoms with Gasteiger partial charge in [-0.15, -0.1) is 0 Å². The molecule has 3 heteroatoms. The van der Waals surface area contributed by atoms with Gasteiger partial charge in [-0.1, -0.05) is 19.3 Å². The van der Waals surface area contributed by atoms with Gasteiger partial charge < -0.3 is 9.64 Å². The number of nitrogens with one attached hydrogen (secondary N) is 1. The lowest BCUT2D eigenvalue weighted by Gasteiger charge is -2.37. The van der Waals surface area contributed by atoms with Crippen LogP contribution in [0.1, 0.15) is 44.9 Å². The van der Waals surface area contributed by atoms with Crippen LogP contribution in [-0.2, 0) is 4.74 Å². The molecule has 1 aliphatic heterocycles. The molecule has 0 bridgehead atoms. The van der Waals surface area contributed by atoms with Gasteiger partial charge in [-0.2, -0.15) is 0 Å². The Kier molecular flexibility index (Phi) is 4.22. The van der Waals surface area contributed by atoms with E-state index in [0.717, 1.165) is 25.3 Å². The Morgan fingerprint density at radius 2 is 1.88 bits per heavy atom. The van der Waals surface area contributed by atoms with E-state index in [1.54, 1.807) is 7.11 Å². The van der Waals surface area contributed by atoms with Crippen LogP contribution in [0.25, 0.3) is 0 Å². The molecule has 1 N–H and O–H groups in total. The van der Waals surface area contributed by atoms with Gasteiger partial charge in [0.05, 0.1) is 11.9 Å². The molecule has 1 heterocycles. The Morgan fingerprint density at radius 1 is 1.12 bits per heavy atom.